The maximum Gasteiger partial charge on any atom is 0.416 e. The number of esters is 2. The molecular weight excluding hydrogens is 898 g/mol. The number of amides is 1. The third-order valence-electron chi connectivity index (χ3n) is 14.3. The van der Waals surface area contributed by atoms with Gasteiger partial charge < -0.3 is 43.5 Å². The van der Waals surface area contributed by atoms with E-state index in [1.807, 2.05) is 24.9 Å². The van der Waals surface area contributed by atoms with Gasteiger partial charge in [-0.2, -0.15) is 18.4 Å². The zero-order chi connectivity index (χ0) is 47.6. The van der Waals surface area contributed by atoms with Crippen LogP contribution in [0.4, 0.5) is 13.2 Å². The van der Waals surface area contributed by atoms with Crippen molar-refractivity contribution in [2.75, 3.05) is 47.0 Å². The zero-order valence-electron chi connectivity index (χ0n) is 37.1. The molecule has 7 aliphatic rings. The van der Waals surface area contributed by atoms with Gasteiger partial charge in [0.15, 0.2) is 40.0 Å². The van der Waals surface area contributed by atoms with Gasteiger partial charge in [0, 0.05) is 59.1 Å². The maximum absolute atomic E-state index is 15.6. The molecule has 0 aromatic heterocycles. The Morgan fingerprint density at radius 1 is 0.985 bits per heavy atom. The van der Waals surface area contributed by atoms with E-state index in [2.05, 4.69) is 11.0 Å². The SMILES string of the molecule is COc1cc2c(cc1O)CCN(C(=O)c1cccc(C(F)(F)F)c1)[C@]21CS[C@@H]2c3c(OC(C)=O)c(C)c4c(c3[C@H](COC1=O)N1[C@@H]2[C@H]2c3c(cc(C)c(OC)c3O)C[C@@H]([C@@H]1C#N)N2C)OCO4. The molecule has 67 heavy (non-hydrogen) atoms. The fourth-order valence-electron chi connectivity index (χ4n) is 11.6. The number of ether oxygens (including phenoxy) is 6. The van der Waals surface area contributed by atoms with Crippen LogP contribution in [0.1, 0.15) is 84.7 Å². The Bertz CT molecular complexity index is 2850. The standard InChI is InChI=1S/C48H45F3N4O11S/c1-21-12-26-14-29-30(17-52)55-31-18-63-46(60)47(28-16-33(61-5)32(57)15-24(28)10-11-54(47)45(59)25-8-7-9-27(13-25)48(49,50)51)19-67-44(38(55)37(53(29)4)34(26)39(58)40(21)62-6)36-35(31)43-42(64-20-65-43)22(2)41(36)66-23(3)56/h7-9,12-13,15-16,29-31,37-38,44,57-58H,10-11,14,18-20H2,1-6H3/t29-,30-,31-,37+,38+,44+,47+/m0/s1. The fourth-order valence-corrected chi connectivity index (χ4v) is 13.3. The van der Waals surface area contributed by atoms with Crippen LogP contribution in [0.15, 0.2) is 42.5 Å². The van der Waals surface area contributed by atoms with Crippen molar-refractivity contribution in [2.45, 2.75) is 80.8 Å². The van der Waals surface area contributed by atoms with Crippen LogP contribution < -0.4 is 23.7 Å². The Kier molecular flexibility index (Phi) is 10.5. The molecule has 11 rings (SSSR count). The summed E-state index contributed by atoms with van der Waals surface area (Å²) in [5.74, 6) is -2.09. The molecule has 0 unspecified atom stereocenters. The molecule has 7 aliphatic heterocycles. The summed E-state index contributed by atoms with van der Waals surface area (Å²) in [7, 11) is 4.67. The topological polar surface area (TPSA) is 181 Å². The Balaban J connectivity index is 1.26. The number of hydrogen-bond acceptors (Lipinski definition) is 15. The Labute approximate surface area is 386 Å². The monoisotopic (exact) mass is 942 g/mol. The quantitative estimate of drug-likeness (QED) is 0.166. The number of piperazine rings is 1. The maximum atomic E-state index is 15.6. The van der Waals surface area contributed by atoms with Crippen molar-refractivity contribution < 1.29 is 66.2 Å². The number of fused-ring (bicyclic) bond motifs is 9. The fraction of sp³-hybridized carbons (Fsp3) is 0.417. The predicted molar refractivity (Wildman–Crippen MR) is 232 cm³/mol. The van der Waals surface area contributed by atoms with Crippen LogP contribution in [0.25, 0.3) is 0 Å². The number of likely N-dealkylation sites (N-methyl/N-ethyl adjacent to an activating group) is 1. The molecule has 2 fully saturated rings. The van der Waals surface area contributed by atoms with Gasteiger partial charge >= 0.3 is 18.1 Å². The molecule has 350 valence electrons. The molecule has 2 N–H and O–H groups in total. The van der Waals surface area contributed by atoms with E-state index in [1.165, 1.54) is 56.0 Å². The lowest BCUT2D eigenvalue weighted by Gasteiger charge is -2.62. The lowest BCUT2D eigenvalue weighted by molar-refractivity contribution is -0.162. The van der Waals surface area contributed by atoms with Gasteiger partial charge in [-0.1, -0.05) is 12.1 Å². The molecule has 1 amide bonds. The number of methoxy groups -OCH3 is 2. The largest absolute Gasteiger partial charge is 0.504 e. The first-order valence-corrected chi connectivity index (χ1v) is 22.6. The molecule has 4 aromatic rings. The van der Waals surface area contributed by atoms with Gasteiger partial charge in [-0.25, -0.2) is 4.79 Å². The highest BCUT2D eigenvalue weighted by Gasteiger charge is 2.63. The molecule has 7 heterocycles. The number of benzene rings is 4. The first kappa shape index (κ1) is 44.5. The van der Waals surface area contributed by atoms with E-state index in [1.54, 1.807) is 6.92 Å². The zero-order valence-corrected chi connectivity index (χ0v) is 38.0. The van der Waals surface area contributed by atoms with E-state index in [4.69, 9.17) is 28.4 Å². The number of aryl methyl sites for hydroxylation is 1. The first-order chi connectivity index (χ1) is 32.0. The summed E-state index contributed by atoms with van der Waals surface area (Å²) < 4.78 is 78.7. The molecule has 0 aliphatic carbocycles. The number of alkyl halides is 3. The van der Waals surface area contributed by atoms with Gasteiger partial charge in [-0.15, -0.1) is 11.8 Å². The molecule has 4 aromatic carbocycles. The number of phenolic OH excluding ortho intramolecular Hbond substituents is 2. The van der Waals surface area contributed by atoms with Crippen LogP contribution in [-0.4, -0.2) is 108 Å². The number of thioether (sulfide) groups is 1. The summed E-state index contributed by atoms with van der Waals surface area (Å²) in [6.07, 6.45) is -4.33. The molecule has 1 spiro atoms. The number of aromatic hydroxyl groups is 2. The average molecular weight is 943 g/mol. The normalized spacial score (nSPS) is 26.1. The second-order valence-electron chi connectivity index (χ2n) is 17.7. The molecule has 0 saturated carbocycles. The minimum absolute atomic E-state index is 0.0322. The number of hydrogen-bond donors (Lipinski definition) is 2. The molecule has 7 atom stereocenters. The van der Waals surface area contributed by atoms with E-state index in [0.29, 0.717) is 51.3 Å². The molecule has 19 heteroatoms. The second-order valence-corrected chi connectivity index (χ2v) is 18.8. The van der Waals surface area contributed by atoms with Crippen molar-refractivity contribution in [1.82, 2.24) is 14.7 Å². The number of carbonyl (C=O) groups is 3. The van der Waals surface area contributed by atoms with Crippen LogP contribution in [0.3, 0.4) is 0 Å². The van der Waals surface area contributed by atoms with E-state index in [0.717, 1.165) is 23.8 Å². The summed E-state index contributed by atoms with van der Waals surface area (Å²) in [4.78, 5) is 49.1. The molecule has 4 bridgehead atoms. The van der Waals surface area contributed by atoms with Gasteiger partial charge in [0.2, 0.25) is 6.79 Å². The van der Waals surface area contributed by atoms with E-state index < -0.39 is 77.2 Å². The van der Waals surface area contributed by atoms with Gasteiger partial charge in [-0.05, 0) is 86.3 Å². The third-order valence-corrected chi connectivity index (χ3v) is 15.8. The number of rotatable bonds is 4. The molecule has 15 nitrogen and oxygen atoms in total. The summed E-state index contributed by atoms with van der Waals surface area (Å²) in [6.45, 7) is 3.99. The van der Waals surface area contributed by atoms with Crippen LogP contribution in [0, 0.1) is 25.2 Å². The third kappa shape index (κ3) is 6.42. The summed E-state index contributed by atoms with van der Waals surface area (Å²) in [6, 6.07) is 7.58. The molecule has 2 saturated heterocycles. The van der Waals surface area contributed by atoms with Crippen molar-refractivity contribution in [3.63, 3.8) is 0 Å². The van der Waals surface area contributed by atoms with Crippen LogP contribution in [0.2, 0.25) is 0 Å². The number of carbonyl (C=O) groups excluding carboxylic acids is 3. The minimum atomic E-state index is -4.79. The predicted octanol–water partition coefficient (Wildman–Crippen LogP) is 6.56. The lowest BCUT2D eigenvalue weighted by atomic mass is 9.71. The second kappa shape index (κ2) is 15.9. The average Bonchev–Trinajstić information content (AvgIpc) is 3.79. The van der Waals surface area contributed by atoms with Gasteiger partial charge in [0.25, 0.3) is 5.91 Å². The summed E-state index contributed by atoms with van der Waals surface area (Å²) >= 11 is 1.19. The van der Waals surface area contributed by atoms with Crippen molar-refractivity contribution >= 4 is 29.6 Å². The van der Waals surface area contributed by atoms with Crippen molar-refractivity contribution in [3.05, 3.63) is 98.1 Å². The highest BCUT2D eigenvalue weighted by Crippen LogP contribution is 2.65. The van der Waals surface area contributed by atoms with Crippen molar-refractivity contribution in [1.29, 1.82) is 5.26 Å². The smallest absolute Gasteiger partial charge is 0.416 e. The van der Waals surface area contributed by atoms with Gasteiger partial charge in [-0.3, -0.25) is 19.4 Å². The van der Waals surface area contributed by atoms with E-state index >= 15 is 9.59 Å². The lowest BCUT2D eigenvalue weighted by Crippen LogP contribution is -2.69. The van der Waals surface area contributed by atoms with Crippen LogP contribution in [0.5, 0.6) is 40.2 Å². The van der Waals surface area contributed by atoms with E-state index in [-0.39, 0.29) is 65.4 Å². The van der Waals surface area contributed by atoms with Gasteiger partial charge in [0.05, 0.1) is 43.2 Å². The number of nitriles is 1. The number of halogens is 3. The van der Waals surface area contributed by atoms with Gasteiger partial charge in [0.1, 0.15) is 18.4 Å². The molecular formula is C48H45F3N4O11S. The number of nitrogens with zero attached hydrogens (tertiary/aromatic N) is 4. The Morgan fingerprint density at radius 2 is 1.75 bits per heavy atom. The summed E-state index contributed by atoms with van der Waals surface area (Å²) in [5, 5.41) is 33.7. The van der Waals surface area contributed by atoms with Crippen LogP contribution in [-0.2, 0) is 38.9 Å². The Morgan fingerprint density at radius 3 is 2.45 bits per heavy atom. The summed E-state index contributed by atoms with van der Waals surface area (Å²) in [5.41, 5.74) is 0.640. The highest BCUT2D eigenvalue weighted by molar-refractivity contribution is 7.99. The van der Waals surface area contributed by atoms with Crippen molar-refractivity contribution in [2.24, 2.45) is 0 Å². The molecule has 0 radical (unpaired) electrons. The first-order valence-electron chi connectivity index (χ1n) is 21.6. The number of phenols is 2. The Hall–Kier alpha value is -6.36. The highest BCUT2D eigenvalue weighted by atomic mass is 32.2. The minimum Gasteiger partial charge on any atom is -0.504 e. The van der Waals surface area contributed by atoms with Crippen molar-refractivity contribution in [3.8, 4) is 46.3 Å². The van der Waals surface area contributed by atoms with E-state index in [9.17, 15) is 33.4 Å². The van der Waals surface area contributed by atoms with Crippen LogP contribution >= 0.6 is 11.8 Å².